The average Bonchev–Trinajstić information content (AvgIpc) is 2.51. The van der Waals surface area contributed by atoms with Crippen LogP contribution in [0.5, 0.6) is 0 Å². The molecule has 0 aliphatic carbocycles. The molecule has 1 aliphatic heterocycles. The van der Waals surface area contributed by atoms with Gasteiger partial charge in [0.1, 0.15) is 0 Å². The molecule has 4 nitrogen and oxygen atoms in total. The molecule has 4 heteroatoms. The molecule has 1 aliphatic rings. The summed E-state index contributed by atoms with van der Waals surface area (Å²) >= 11 is 0. The van der Waals surface area contributed by atoms with Crippen molar-refractivity contribution < 1.29 is 0 Å². The molecule has 0 saturated heterocycles. The lowest BCUT2D eigenvalue weighted by molar-refractivity contribution is 0.715. The number of aromatic nitrogens is 1. The lowest BCUT2D eigenvalue weighted by Crippen LogP contribution is -2.38. The Morgan fingerprint density at radius 3 is 2.57 bits per heavy atom. The monoisotopic (exact) mass is 282 g/mol. The molecule has 1 aromatic carbocycles. The zero-order chi connectivity index (χ0) is 14.7. The number of likely N-dealkylation sites (N-methyl/N-ethyl adjacent to an activating group) is 1. The molecule has 110 valence electrons. The first-order valence-electron chi connectivity index (χ1n) is 7.42. The molecule has 0 saturated carbocycles. The molecule has 0 radical (unpaired) electrons. The highest BCUT2D eigenvalue weighted by atomic mass is 15.3. The molecular formula is C17H22N4. The highest BCUT2D eigenvalue weighted by Gasteiger charge is 2.19. The zero-order valence-corrected chi connectivity index (χ0v) is 12.7. The third-order valence-corrected chi connectivity index (χ3v) is 3.91. The maximum atomic E-state index is 4.73. The van der Waals surface area contributed by atoms with E-state index in [1.165, 1.54) is 11.4 Å². The summed E-state index contributed by atoms with van der Waals surface area (Å²) < 4.78 is 0. The van der Waals surface area contributed by atoms with Crippen molar-refractivity contribution in [3.8, 4) is 0 Å². The Morgan fingerprint density at radius 2 is 1.76 bits per heavy atom. The molecule has 3 rings (SSSR count). The Bertz CT molecular complexity index is 611. The van der Waals surface area contributed by atoms with Gasteiger partial charge in [0.15, 0.2) is 0 Å². The predicted octanol–water partition coefficient (Wildman–Crippen LogP) is 2.26. The summed E-state index contributed by atoms with van der Waals surface area (Å²) in [5.74, 6) is 0. The fraction of sp³-hybridized carbons (Fsp3) is 0.353. The minimum absolute atomic E-state index is 0.813. The van der Waals surface area contributed by atoms with Crippen LogP contribution in [0.15, 0.2) is 42.5 Å². The number of pyridine rings is 1. The minimum Gasteiger partial charge on any atom is -0.371 e. The van der Waals surface area contributed by atoms with Gasteiger partial charge in [0, 0.05) is 26.7 Å². The third kappa shape index (κ3) is 3.00. The van der Waals surface area contributed by atoms with Crippen molar-refractivity contribution in [1.82, 2.24) is 10.3 Å². The van der Waals surface area contributed by atoms with Crippen LogP contribution in [0, 0.1) is 0 Å². The van der Waals surface area contributed by atoms with E-state index < -0.39 is 0 Å². The van der Waals surface area contributed by atoms with Crippen LogP contribution in [-0.4, -0.2) is 32.2 Å². The summed E-state index contributed by atoms with van der Waals surface area (Å²) in [6, 6.07) is 14.9. The smallest absolute Gasteiger partial charge is 0.0608 e. The molecule has 0 bridgehead atoms. The second-order valence-corrected chi connectivity index (χ2v) is 5.48. The lowest BCUT2D eigenvalue weighted by atomic mass is 10.1. The van der Waals surface area contributed by atoms with E-state index in [9.17, 15) is 0 Å². The van der Waals surface area contributed by atoms with Gasteiger partial charge in [0.25, 0.3) is 0 Å². The number of hydrogen-bond acceptors (Lipinski definition) is 4. The number of nitrogens with one attached hydrogen (secondary N) is 1. The quantitative estimate of drug-likeness (QED) is 0.932. The summed E-state index contributed by atoms with van der Waals surface area (Å²) in [6.45, 7) is 3.76. The number of benzene rings is 1. The van der Waals surface area contributed by atoms with E-state index in [1.54, 1.807) is 0 Å². The van der Waals surface area contributed by atoms with Gasteiger partial charge in [-0.1, -0.05) is 18.2 Å². The van der Waals surface area contributed by atoms with E-state index in [2.05, 4.69) is 64.6 Å². The van der Waals surface area contributed by atoms with Crippen molar-refractivity contribution in [2.24, 2.45) is 0 Å². The fourth-order valence-corrected chi connectivity index (χ4v) is 2.82. The van der Waals surface area contributed by atoms with Crippen molar-refractivity contribution >= 4 is 11.4 Å². The molecular weight excluding hydrogens is 260 g/mol. The normalized spacial score (nSPS) is 14.2. The van der Waals surface area contributed by atoms with Crippen LogP contribution in [0.4, 0.5) is 11.4 Å². The van der Waals surface area contributed by atoms with Crippen molar-refractivity contribution in [3.05, 3.63) is 53.9 Å². The van der Waals surface area contributed by atoms with Gasteiger partial charge in [0.05, 0.1) is 29.3 Å². The number of rotatable bonds is 4. The van der Waals surface area contributed by atoms with Crippen LogP contribution in [0.3, 0.4) is 0 Å². The summed E-state index contributed by atoms with van der Waals surface area (Å²) in [4.78, 5) is 9.46. The van der Waals surface area contributed by atoms with E-state index in [1.807, 2.05) is 7.05 Å². The lowest BCUT2D eigenvalue weighted by Gasteiger charge is -2.36. The van der Waals surface area contributed by atoms with Crippen molar-refractivity contribution in [2.45, 2.75) is 13.1 Å². The number of para-hydroxylation sites is 2. The van der Waals surface area contributed by atoms with Crippen molar-refractivity contribution in [2.75, 3.05) is 37.0 Å². The molecule has 0 atom stereocenters. The standard InChI is InChI=1S/C17H22N4/c1-18-12-14-6-5-7-15(19-14)13-21-11-10-20(2)16-8-3-4-9-17(16)21/h3-9,18H,10-13H2,1-2H3. The maximum absolute atomic E-state index is 4.73. The molecule has 2 heterocycles. The Labute approximate surface area is 126 Å². The Kier molecular flexibility index (Phi) is 4.06. The van der Waals surface area contributed by atoms with Gasteiger partial charge in [-0.3, -0.25) is 4.98 Å². The molecule has 21 heavy (non-hydrogen) atoms. The van der Waals surface area contributed by atoms with E-state index in [0.717, 1.165) is 37.6 Å². The Balaban J connectivity index is 1.82. The third-order valence-electron chi connectivity index (χ3n) is 3.91. The second-order valence-electron chi connectivity index (χ2n) is 5.48. The van der Waals surface area contributed by atoms with Gasteiger partial charge < -0.3 is 15.1 Å². The van der Waals surface area contributed by atoms with Crippen LogP contribution in [0.1, 0.15) is 11.4 Å². The SMILES string of the molecule is CNCc1cccc(CN2CCN(C)c3ccccc32)n1. The van der Waals surface area contributed by atoms with E-state index in [0.29, 0.717) is 0 Å². The van der Waals surface area contributed by atoms with Crippen LogP contribution in [0.25, 0.3) is 0 Å². The first-order chi connectivity index (χ1) is 10.3. The largest absolute Gasteiger partial charge is 0.371 e. The number of hydrogen-bond donors (Lipinski definition) is 1. The van der Waals surface area contributed by atoms with Gasteiger partial charge in [-0.25, -0.2) is 0 Å². The summed E-state index contributed by atoms with van der Waals surface area (Å²) in [6.07, 6.45) is 0. The number of anilines is 2. The predicted molar refractivity (Wildman–Crippen MR) is 87.8 cm³/mol. The number of nitrogens with zero attached hydrogens (tertiary/aromatic N) is 3. The van der Waals surface area contributed by atoms with Gasteiger partial charge >= 0.3 is 0 Å². The molecule has 1 aromatic heterocycles. The summed E-state index contributed by atoms with van der Waals surface area (Å²) in [7, 11) is 4.10. The van der Waals surface area contributed by atoms with Gasteiger partial charge in [-0.2, -0.15) is 0 Å². The molecule has 0 spiro atoms. The van der Waals surface area contributed by atoms with E-state index >= 15 is 0 Å². The zero-order valence-electron chi connectivity index (χ0n) is 12.7. The first-order valence-corrected chi connectivity index (χ1v) is 7.42. The molecule has 1 N–H and O–H groups in total. The number of fused-ring (bicyclic) bond motifs is 1. The molecule has 2 aromatic rings. The Morgan fingerprint density at radius 1 is 1.00 bits per heavy atom. The minimum atomic E-state index is 0.813. The van der Waals surface area contributed by atoms with Crippen LogP contribution < -0.4 is 15.1 Å². The Hall–Kier alpha value is -2.07. The highest BCUT2D eigenvalue weighted by Crippen LogP contribution is 2.32. The van der Waals surface area contributed by atoms with Gasteiger partial charge in [-0.15, -0.1) is 0 Å². The molecule has 0 fully saturated rings. The maximum Gasteiger partial charge on any atom is 0.0608 e. The van der Waals surface area contributed by atoms with Crippen LogP contribution >= 0.6 is 0 Å². The fourth-order valence-electron chi connectivity index (χ4n) is 2.82. The van der Waals surface area contributed by atoms with Gasteiger partial charge in [0.2, 0.25) is 0 Å². The summed E-state index contributed by atoms with van der Waals surface area (Å²) in [5.41, 5.74) is 4.82. The van der Waals surface area contributed by atoms with Crippen LogP contribution in [0.2, 0.25) is 0 Å². The average molecular weight is 282 g/mol. The highest BCUT2D eigenvalue weighted by molar-refractivity contribution is 5.73. The molecule has 0 amide bonds. The summed E-state index contributed by atoms with van der Waals surface area (Å²) in [5, 5.41) is 3.15. The van der Waals surface area contributed by atoms with Gasteiger partial charge in [-0.05, 0) is 31.3 Å². The van der Waals surface area contributed by atoms with E-state index in [4.69, 9.17) is 4.98 Å². The topological polar surface area (TPSA) is 31.4 Å². The van der Waals surface area contributed by atoms with Crippen molar-refractivity contribution in [1.29, 1.82) is 0 Å². The van der Waals surface area contributed by atoms with E-state index in [-0.39, 0.29) is 0 Å². The van der Waals surface area contributed by atoms with Crippen molar-refractivity contribution in [3.63, 3.8) is 0 Å². The van der Waals surface area contributed by atoms with Crippen LogP contribution in [-0.2, 0) is 13.1 Å². The molecule has 0 unspecified atom stereocenters. The second kappa shape index (κ2) is 6.14. The first kappa shape index (κ1) is 13.9.